The monoisotopic (exact) mass is 564 g/mol. The Bertz CT molecular complexity index is 1060. The largest absolute Gasteiger partial charge is 0.355 e. The summed E-state index contributed by atoms with van der Waals surface area (Å²) in [6.45, 7) is 5.34. The molecule has 8 heteroatoms. The van der Waals surface area contributed by atoms with Crippen LogP contribution in [-0.4, -0.2) is 27.3 Å². The molecule has 2 aromatic carbocycles. The van der Waals surface area contributed by atoms with Gasteiger partial charge in [0.15, 0.2) is 11.8 Å². The molecule has 1 aliphatic carbocycles. The average molecular weight is 565 g/mol. The summed E-state index contributed by atoms with van der Waals surface area (Å²) in [4.78, 5) is 4.82. The van der Waals surface area contributed by atoms with E-state index in [1.165, 1.54) is 11.1 Å². The van der Waals surface area contributed by atoms with E-state index in [2.05, 4.69) is 64.2 Å². The molecule has 3 aromatic rings. The third-order valence-electron chi connectivity index (χ3n) is 6.10. The van der Waals surface area contributed by atoms with E-state index >= 15 is 0 Å². The summed E-state index contributed by atoms with van der Waals surface area (Å²) in [7, 11) is 1.96. The molecule has 0 saturated heterocycles. The number of nitrogens with one attached hydrogen (secondary N) is 2. The van der Waals surface area contributed by atoms with Crippen molar-refractivity contribution in [1.82, 2.24) is 25.4 Å². The number of aryl methyl sites for hydroxylation is 1. The minimum atomic E-state index is 0. The molecule has 170 valence electrons. The van der Waals surface area contributed by atoms with Gasteiger partial charge in [0, 0.05) is 24.0 Å². The lowest BCUT2D eigenvalue weighted by Crippen LogP contribution is -2.42. The normalized spacial score (nSPS) is 15.6. The fraction of sp³-hybridized carbons (Fsp3) is 0.375. The number of hydrogen-bond donors (Lipinski definition) is 2. The van der Waals surface area contributed by atoms with Crippen molar-refractivity contribution in [3.63, 3.8) is 0 Å². The van der Waals surface area contributed by atoms with Crippen LogP contribution >= 0.6 is 35.6 Å². The molecule has 1 saturated carbocycles. The first-order valence-electron chi connectivity index (χ1n) is 10.7. The zero-order valence-electron chi connectivity index (χ0n) is 18.7. The molecule has 1 aliphatic rings. The molecule has 1 unspecified atom stereocenters. The number of rotatable bonds is 7. The third-order valence-corrected chi connectivity index (χ3v) is 6.33. The fourth-order valence-electron chi connectivity index (χ4n) is 3.71. The van der Waals surface area contributed by atoms with Gasteiger partial charge in [-0.05, 0) is 49.9 Å². The summed E-state index contributed by atoms with van der Waals surface area (Å²) in [6, 6.07) is 18.7. The Morgan fingerprint density at radius 2 is 1.91 bits per heavy atom. The second kappa shape index (κ2) is 10.7. The maximum atomic E-state index is 6.24. The van der Waals surface area contributed by atoms with Gasteiger partial charge in [-0.15, -0.1) is 34.2 Å². The molecule has 4 rings (SSSR count). The van der Waals surface area contributed by atoms with Gasteiger partial charge in [0.05, 0.1) is 6.04 Å². The molecule has 1 fully saturated rings. The highest BCUT2D eigenvalue weighted by molar-refractivity contribution is 14.0. The van der Waals surface area contributed by atoms with Gasteiger partial charge in [-0.25, -0.2) is 4.99 Å². The van der Waals surface area contributed by atoms with Crippen molar-refractivity contribution in [2.75, 3.05) is 6.54 Å². The zero-order valence-corrected chi connectivity index (χ0v) is 21.8. The summed E-state index contributed by atoms with van der Waals surface area (Å²) >= 11 is 6.24. The molecule has 32 heavy (non-hydrogen) atoms. The van der Waals surface area contributed by atoms with E-state index in [9.17, 15) is 0 Å². The number of halogens is 2. The Labute approximate surface area is 211 Å². The molecule has 0 amide bonds. The van der Waals surface area contributed by atoms with Crippen LogP contribution in [0.15, 0.2) is 59.6 Å². The van der Waals surface area contributed by atoms with E-state index in [1.54, 1.807) is 0 Å². The smallest absolute Gasteiger partial charge is 0.192 e. The number of nitrogens with zero attached hydrogens (tertiary/aromatic N) is 4. The molecule has 6 nitrogen and oxygen atoms in total. The van der Waals surface area contributed by atoms with Crippen LogP contribution in [-0.2, 0) is 19.0 Å². The van der Waals surface area contributed by atoms with Crippen molar-refractivity contribution in [2.24, 2.45) is 12.0 Å². The van der Waals surface area contributed by atoms with Crippen molar-refractivity contribution in [1.29, 1.82) is 0 Å². The molecular formula is C24H30ClIN6. The molecule has 0 aliphatic heterocycles. The lowest BCUT2D eigenvalue weighted by molar-refractivity contribution is 0.622. The second-order valence-electron chi connectivity index (χ2n) is 8.31. The summed E-state index contributed by atoms with van der Waals surface area (Å²) in [5.74, 6) is 2.48. The highest BCUT2D eigenvalue weighted by atomic mass is 127. The van der Waals surface area contributed by atoms with Crippen LogP contribution < -0.4 is 10.6 Å². The lowest BCUT2D eigenvalue weighted by atomic mass is 9.96. The molecular weight excluding hydrogens is 535 g/mol. The van der Waals surface area contributed by atoms with Crippen LogP contribution in [0.5, 0.6) is 0 Å². The minimum absolute atomic E-state index is 0. The summed E-state index contributed by atoms with van der Waals surface area (Å²) in [5.41, 5.74) is 2.61. The SMILES string of the molecule is Cc1nnc(CN=C(NCC2(c3cccc(Cl)c3)CC2)NC(C)c2ccccc2)n1C.I. The standard InChI is InChI=1S/C24H29ClN6.HI/c1-17(19-8-5-4-6-9-19)28-23(26-15-22-30-29-18(2)31(22)3)27-16-24(12-13-24)20-10-7-11-21(25)14-20;/h4-11,14,17H,12-13,15-16H2,1-3H3,(H2,26,27,28);1H. The van der Waals surface area contributed by atoms with Gasteiger partial charge in [0.2, 0.25) is 0 Å². The van der Waals surface area contributed by atoms with Crippen LogP contribution in [0.25, 0.3) is 0 Å². The predicted octanol–water partition coefficient (Wildman–Crippen LogP) is 4.92. The minimum Gasteiger partial charge on any atom is -0.355 e. The van der Waals surface area contributed by atoms with Gasteiger partial charge in [0.25, 0.3) is 0 Å². The number of aromatic nitrogens is 3. The average Bonchev–Trinajstić information content (AvgIpc) is 3.51. The van der Waals surface area contributed by atoms with E-state index in [1.807, 2.05) is 36.7 Å². The highest BCUT2D eigenvalue weighted by Crippen LogP contribution is 2.48. The Hall–Kier alpha value is -2.13. The van der Waals surface area contributed by atoms with Crippen molar-refractivity contribution < 1.29 is 0 Å². The first kappa shape index (κ1) is 24.5. The van der Waals surface area contributed by atoms with Gasteiger partial charge in [0.1, 0.15) is 12.4 Å². The van der Waals surface area contributed by atoms with Gasteiger partial charge in [-0.1, -0.05) is 54.1 Å². The Balaban J connectivity index is 0.00000289. The van der Waals surface area contributed by atoms with Crippen molar-refractivity contribution in [3.05, 3.63) is 82.4 Å². The van der Waals surface area contributed by atoms with Crippen LogP contribution in [0.4, 0.5) is 0 Å². The molecule has 0 radical (unpaired) electrons. The van der Waals surface area contributed by atoms with Crippen LogP contribution in [0.1, 0.15) is 48.6 Å². The molecule has 1 aromatic heterocycles. The summed E-state index contributed by atoms with van der Waals surface area (Å²) < 4.78 is 1.97. The van der Waals surface area contributed by atoms with Gasteiger partial charge in [-0.2, -0.15) is 0 Å². The number of hydrogen-bond acceptors (Lipinski definition) is 3. The topological polar surface area (TPSA) is 67.1 Å². The van der Waals surface area contributed by atoms with Gasteiger partial charge < -0.3 is 15.2 Å². The number of aliphatic imine (C=N–C) groups is 1. The molecule has 0 spiro atoms. The van der Waals surface area contributed by atoms with E-state index in [0.717, 1.165) is 42.0 Å². The quantitative estimate of drug-likeness (QED) is 0.243. The van der Waals surface area contributed by atoms with E-state index in [-0.39, 0.29) is 35.4 Å². The summed E-state index contributed by atoms with van der Waals surface area (Å²) in [6.07, 6.45) is 2.29. The van der Waals surface area contributed by atoms with E-state index in [0.29, 0.717) is 6.54 Å². The third kappa shape index (κ3) is 5.81. The molecule has 1 heterocycles. The van der Waals surface area contributed by atoms with Crippen LogP contribution in [0.2, 0.25) is 5.02 Å². The predicted molar refractivity (Wildman–Crippen MR) is 141 cm³/mol. The Morgan fingerprint density at radius 3 is 2.53 bits per heavy atom. The lowest BCUT2D eigenvalue weighted by Gasteiger charge is -2.22. The van der Waals surface area contributed by atoms with Crippen molar-refractivity contribution in [3.8, 4) is 0 Å². The van der Waals surface area contributed by atoms with Gasteiger partial charge in [-0.3, -0.25) is 0 Å². The Morgan fingerprint density at radius 1 is 1.16 bits per heavy atom. The summed E-state index contributed by atoms with van der Waals surface area (Å²) in [5, 5.41) is 16.3. The number of guanidine groups is 1. The highest BCUT2D eigenvalue weighted by Gasteiger charge is 2.44. The van der Waals surface area contributed by atoms with E-state index < -0.39 is 0 Å². The fourth-order valence-corrected chi connectivity index (χ4v) is 3.90. The second-order valence-corrected chi connectivity index (χ2v) is 8.74. The first-order chi connectivity index (χ1) is 15.0. The van der Waals surface area contributed by atoms with E-state index in [4.69, 9.17) is 16.6 Å². The zero-order chi connectivity index (χ0) is 21.8. The first-order valence-corrected chi connectivity index (χ1v) is 11.1. The van der Waals surface area contributed by atoms with Crippen LogP contribution in [0, 0.1) is 6.92 Å². The van der Waals surface area contributed by atoms with Crippen molar-refractivity contribution >= 4 is 41.5 Å². The Kier molecular flexibility index (Phi) is 8.16. The molecule has 1 atom stereocenters. The number of benzene rings is 2. The van der Waals surface area contributed by atoms with Crippen LogP contribution in [0.3, 0.4) is 0 Å². The molecule has 2 N–H and O–H groups in total. The maximum absolute atomic E-state index is 6.24. The maximum Gasteiger partial charge on any atom is 0.192 e. The molecule has 0 bridgehead atoms. The van der Waals surface area contributed by atoms with Gasteiger partial charge >= 0.3 is 0 Å². The van der Waals surface area contributed by atoms with Crippen molar-refractivity contribution in [2.45, 2.75) is 44.7 Å².